The summed E-state index contributed by atoms with van der Waals surface area (Å²) in [6.45, 7) is 4.78. The van der Waals surface area contributed by atoms with E-state index in [2.05, 4.69) is 40.1 Å². The highest BCUT2D eigenvalue weighted by Crippen LogP contribution is 2.30. The summed E-state index contributed by atoms with van der Waals surface area (Å²) in [5, 5.41) is 9.08. The number of rotatable bonds is 11. The molecule has 4 rings (SSSR count). The van der Waals surface area contributed by atoms with Crippen LogP contribution in [0.25, 0.3) is 10.8 Å². The van der Waals surface area contributed by atoms with Crippen LogP contribution in [0.15, 0.2) is 90.0 Å². The molecule has 194 valence electrons. The van der Waals surface area contributed by atoms with E-state index in [1.54, 1.807) is 6.07 Å². The molecule has 0 bridgehead atoms. The highest BCUT2D eigenvalue weighted by Gasteiger charge is 2.11. The SMILES string of the molecule is CCOc1cc(C=NNC(=O)CC(=O)Nc2ccccc2CC)ccc1OCc1cccc2ccccc12. The molecule has 4 aromatic rings. The fourth-order valence-electron chi connectivity index (χ4n) is 4.08. The molecule has 7 nitrogen and oxygen atoms in total. The quantitative estimate of drug-likeness (QED) is 0.151. The fraction of sp³-hybridized carbons (Fsp3) is 0.194. The number of carbonyl (C=O) groups excluding carboxylic acids is 2. The number of hydrogen-bond donors (Lipinski definition) is 2. The molecule has 0 radical (unpaired) electrons. The van der Waals surface area contributed by atoms with Crippen molar-refractivity contribution in [2.45, 2.75) is 33.3 Å². The fourth-order valence-corrected chi connectivity index (χ4v) is 4.08. The molecule has 0 aromatic heterocycles. The van der Waals surface area contributed by atoms with Crippen LogP contribution in [0.1, 0.15) is 37.0 Å². The lowest BCUT2D eigenvalue weighted by atomic mass is 10.1. The van der Waals surface area contributed by atoms with Gasteiger partial charge in [0.1, 0.15) is 13.0 Å². The predicted molar refractivity (Wildman–Crippen MR) is 151 cm³/mol. The third kappa shape index (κ3) is 6.97. The largest absolute Gasteiger partial charge is 0.490 e. The molecule has 0 spiro atoms. The Balaban J connectivity index is 1.35. The number of benzene rings is 4. The van der Waals surface area contributed by atoms with Crippen LogP contribution < -0.4 is 20.2 Å². The molecule has 2 amide bonds. The van der Waals surface area contributed by atoms with E-state index < -0.39 is 11.8 Å². The van der Waals surface area contributed by atoms with Crippen molar-refractivity contribution in [2.24, 2.45) is 5.10 Å². The van der Waals surface area contributed by atoms with Gasteiger partial charge < -0.3 is 14.8 Å². The molecule has 4 aromatic carbocycles. The lowest BCUT2D eigenvalue weighted by Gasteiger charge is -2.13. The van der Waals surface area contributed by atoms with Gasteiger partial charge in [0.2, 0.25) is 11.8 Å². The van der Waals surface area contributed by atoms with Gasteiger partial charge in [-0.15, -0.1) is 0 Å². The summed E-state index contributed by atoms with van der Waals surface area (Å²) in [7, 11) is 0. The van der Waals surface area contributed by atoms with E-state index in [-0.39, 0.29) is 6.42 Å². The van der Waals surface area contributed by atoms with Crippen LogP contribution in [0.5, 0.6) is 11.5 Å². The number of hydrazone groups is 1. The maximum atomic E-state index is 12.3. The summed E-state index contributed by atoms with van der Waals surface area (Å²) in [4.78, 5) is 24.5. The molecule has 0 aliphatic carbocycles. The van der Waals surface area contributed by atoms with Gasteiger partial charge in [-0.05, 0) is 65.1 Å². The number of para-hydroxylation sites is 1. The molecule has 0 aliphatic heterocycles. The van der Waals surface area contributed by atoms with Crippen molar-refractivity contribution < 1.29 is 19.1 Å². The molecule has 2 N–H and O–H groups in total. The first-order valence-electron chi connectivity index (χ1n) is 12.6. The minimum Gasteiger partial charge on any atom is -0.490 e. The predicted octanol–water partition coefficient (Wildman–Crippen LogP) is 5.86. The molecular weight excluding hydrogens is 478 g/mol. The van der Waals surface area contributed by atoms with Gasteiger partial charge >= 0.3 is 0 Å². The number of ether oxygens (including phenoxy) is 2. The van der Waals surface area contributed by atoms with Crippen LogP contribution in [0, 0.1) is 0 Å². The van der Waals surface area contributed by atoms with Gasteiger partial charge in [-0.1, -0.05) is 67.6 Å². The van der Waals surface area contributed by atoms with Gasteiger partial charge in [-0.3, -0.25) is 9.59 Å². The van der Waals surface area contributed by atoms with Crippen LogP contribution in [-0.2, 0) is 22.6 Å². The molecule has 0 heterocycles. The topological polar surface area (TPSA) is 89.0 Å². The second-order valence-corrected chi connectivity index (χ2v) is 8.59. The highest BCUT2D eigenvalue weighted by molar-refractivity contribution is 6.04. The van der Waals surface area contributed by atoms with Crippen molar-refractivity contribution in [3.8, 4) is 11.5 Å². The summed E-state index contributed by atoms with van der Waals surface area (Å²) in [5.41, 5.74) is 5.92. The number of nitrogens with zero attached hydrogens (tertiary/aromatic N) is 1. The van der Waals surface area contributed by atoms with Crippen molar-refractivity contribution in [1.29, 1.82) is 0 Å². The molecule has 0 aliphatic rings. The number of amides is 2. The zero-order chi connectivity index (χ0) is 26.7. The number of anilines is 1. The van der Waals surface area contributed by atoms with E-state index in [9.17, 15) is 9.59 Å². The number of nitrogens with one attached hydrogen (secondary N) is 2. The first-order chi connectivity index (χ1) is 18.6. The first kappa shape index (κ1) is 26.4. The third-order valence-corrected chi connectivity index (χ3v) is 5.93. The van der Waals surface area contributed by atoms with Gasteiger partial charge in [0.25, 0.3) is 0 Å². The summed E-state index contributed by atoms with van der Waals surface area (Å²) < 4.78 is 11.9. The molecule has 0 unspecified atom stereocenters. The third-order valence-electron chi connectivity index (χ3n) is 5.93. The second kappa shape index (κ2) is 13.1. The van der Waals surface area contributed by atoms with Crippen molar-refractivity contribution in [2.75, 3.05) is 11.9 Å². The van der Waals surface area contributed by atoms with E-state index in [4.69, 9.17) is 9.47 Å². The molecule has 38 heavy (non-hydrogen) atoms. The molecule has 0 saturated carbocycles. The highest BCUT2D eigenvalue weighted by atomic mass is 16.5. The van der Waals surface area contributed by atoms with Gasteiger partial charge in [0.05, 0.1) is 12.8 Å². The number of carbonyl (C=O) groups is 2. The Kier molecular flexibility index (Phi) is 9.07. The Bertz CT molecular complexity index is 1440. The van der Waals surface area contributed by atoms with Gasteiger partial charge in [0, 0.05) is 5.69 Å². The van der Waals surface area contributed by atoms with Crippen LogP contribution in [0.3, 0.4) is 0 Å². The van der Waals surface area contributed by atoms with E-state index in [1.807, 2.05) is 68.4 Å². The van der Waals surface area contributed by atoms with Gasteiger partial charge in [0.15, 0.2) is 11.5 Å². The number of aryl methyl sites for hydroxylation is 1. The Morgan fingerprint density at radius 3 is 2.42 bits per heavy atom. The summed E-state index contributed by atoms with van der Waals surface area (Å²) >= 11 is 0. The summed E-state index contributed by atoms with van der Waals surface area (Å²) in [5.74, 6) is 0.291. The average Bonchev–Trinajstić information content (AvgIpc) is 2.93. The monoisotopic (exact) mass is 509 g/mol. The lowest BCUT2D eigenvalue weighted by Crippen LogP contribution is -2.25. The number of hydrogen-bond acceptors (Lipinski definition) is 5. The molecule has 0 saturated heterocycles. The Morgan fingerprint density at radius 1 is 0.816 bits per heavy atom. The maximum absolute atomic E-state index is 12.3. The van der Waals surface area contributed by atoms with Gasteiger partial charge in [-0.2, -0.15) is 5.10 Å². The first-order valence-corrected chi connectivity index (χ1v) is 12.6. The zero-order valence-electron chi connectivity index (χ0n) is 21.6. The minimum atomic E-state index is -0.507. The molecule has 7 heteroatoms. The molecule has 0 fully saturated rings. The lowest BCUT2D eigenvalue weighted by molar-refractivity contribution is -0.126. The number of fused-ring (bicyclic) bond motifs is 1. The van der Waals surface area contributed by atoms with Crippen molar-refractivity contribution in [3.05, 3.63) is 102 Å². The molecule has 0 atom stereocenters. The zero-order valence-corrected chi connectivity index (χ0v) is 21.6. The van der Waals surface area contributed by atoms with Crippen LogP contribution in [0.2, 0.25) is 0 Å². The Labute approximate surface area is 222 Å². The smallest absolute Gasteiger partial charge is 0.249 e. The van der Waals surface area contributed by atoms with Crippen molar-refractivity contribution in [3.63, 3.8) is 0 Å². The minimum absolute atomic E-state index is 0.333. The van der Waals surface area contributed by atoms with Gasteiger partial charge in [-0.25, -0.2) is 5.43 Å². The van der Waals surface area contributed by atoms with E-state index in [1.165, 1.54) is 6.21 Å². The normalized spacial score (nSPS) is 10.9. The summed E-state index contributed by atoms with van der Waals surface area (Å²) in [6.07, 6.45) is 1.95. The second-order valence-electron chi connectivity index (χ2n) is 8.59. The van der Waals surface area contributed by atoms with E-state index in [0.717, 1.165) is 28.3 Å². The van der Waals surface area contributed by atoms with Crippen molar-refractivity contribution in [1.82, 2.24) is 5.43 Å². The Morgan fingerprint density at radius 2 is 1.58 bits per heavy atom. The Hall–Kier alpha value is -4.65. The molecular formula is C31H31N3O4. The standard InChI is InChI=1S/C31H31N3O4/c1-3-23-10-6-8-15-27(23)33-30(35)19-31(36)34-32-20-22-16-17-28(29(18-22)37-4-2)38-21-25-13-9-12-24-11-5-7-14-26(24)25/h5-18,20H,3-4,19,21H2,1-2H3,(H,33,35)(H,34,36). The van der Waals surface area contributed by atoms with Crippen LogP contribution in [0.4, 0.5) is 5.69 Å². The van der Waals surface area contributed by atoms with Crippen LogP contribution >= 0.6 is 0 Å². The van der Waals surface area contributed by atoms with E-state index in [0.29, 0.717) is 36.0 Å². The van der Waals surface area contributed by atoms with Crippen LogP contribution in [-0.4, -0.2) is 24.6 Å². The van der Waals surface area contributed by atoms with E-state index >= 15 is 0 Å². The van der Waals surface area contributed by atoms with Crippen molar-refractivity contribution >= 4 is 34.5 Å². The average molecular weight is 510 g/mol. The summed E-state index contributed by atoms with van der Waals surface area (Å²) in [6, 6.07) is 27.3. The maximum Gasteiger partial charge on any atom is 0.249 e.